The summed E-state index contributed by atoms with van der Waals surface area (Å²) >= 11 is 0. The first kappa shape index (κ1) is 15.6. The Bertz CT molecular complexity index is 881. The van der Waals surface area contributed by atoms with Gasteiger partial charge in [-0.05, 0) is 28.7 Å². The summed E-state index contributed by atoms with van der Waals surface area (Å²) in [5, 5.41) is 12.0. The summed E-state index contributed by atoms with van der Waals surface area (Å²) in [7, 11) is 0. The SMILES string of the molecule is OC(c1ccccc1)(c1ccccc1)c1ccccc1C1=CC=CC1. The molecule has 1 nitrogen and oxygen atoms in total. The molecule has 0 saturated carbocycles. The summed E-state index contributed by atoms with van der Waals surface area (Å²) < 4.78 is 0. The van der Waals surface area contributed by atoms with Crippen LogP contribution < -0.4 is 0 Å². The molecule has 0 bridgehead atoms. The van der Waals surface area contributed by atoms with E-state index in [1.807, 2.05) is 78.9 Å². The van der Waals surface area contributed by atoms with Gasteiger partial charge in [0.05, 0.1) is 0 Å². The highest BCUT2D eigenvalue weighted by atomic mass is 16.3. The standard InChI is InChI=1S/C24H20O/c25-24(20-13-3-1-4-14-20,21-15-5-2-6-16-21)23-18-10-9-17-22(23)19-11-7-8-12-19/h1-11,13-18,25H,12H2. The topological polar surface area (TPSA) is 20.2 Å². The first-order valence-electron chi connectivity index (χ1n) is 8.59. The fraction of sp³-hybridized carbons (Fsp3) is 0.0833. The van der Waals surface area contributed by atoms with E-state index in [-0.39, 0.29) is 0 Å². The molecule has 0 heterocycles. The second kappa shape index (κ2) is 6.54. The van der Waals surface area contributed by atoms with Gasteiger partial charge in [0.1, 0.15) is 5.60 Å². The van der Waals surface area contributed by atoms with Gasteiger partial charge < -0.3 is 5.11 Å². The fourth-order valence-corrected chi connectivity index (χ4v) is 3.56. The normalized spacial score (nSPS) is 13.7. The molecule has 0 aliphatic heterocycles. The zero-order chi connectivity index (χ0) is 17.1. The predicted molar refractivity (Wildman–Crippen MR) is 103 cm³/mol. The van der Waals surface area contributed by atoms with Gasteiger partial charge in [0, 0.05) is 5.56 Å². The summed E-state index contributed by atoms with van der Waals surface area (Å²) in [6, 6.07) is 28.0. The van der Waals surface area contributed by atoms with E-state index in [9.17, 15) is 5.11 Å². The smallest absolute Gasteiger partial charge is 0.141 e. The molecule has 1 aliphatic carbocycles. The van der Waals surface area contributed by atoms with Crippen LogP contribution in [-0.4, -0.2) is 5.11 Å². The van der Waals surface area contributed by atoms with Gasteiger partial charge in [-0.3, -0.25) is 0 Å². The third kappa shape index (κ3) is 2.73. The van der Waals surface area contributed by atoms with Gasteiger partial charge in [0.15, 0.2) is 0 Å². The van der Waals surface area contributed by atoms with Crippen molar-refractivity contribution in [2.75, 3.05) is 0 Å². The van der Waals surface area contributed by atoms with E-state index in [0.717, 1.165) is 28.7 Å². The van der Waals surface area contributed by atoms with Gasteiger partial charge in [0.2, 0.25) is 0 Å². The van der Waals surface area contributed by atoms with E-state index in [0.29, 0.717) is 0 Å². The zero-order valence-electron chi connectivity index (χ0n) is 14.0. The van der Waals surface area contributed by atoms with Crippen LogP contribution in [0.15, 0.2) is 103 Å². The lowest BCUT2D eigenvalue weighted by atomic mass is 9.77. The molecule has 1 aliphatic rings. The van der Waals surface area contributed by atoms with E-state index in [1.165, 1.54) is 5.57 Å². The van der Waals surface area contributed by atoms with Crippen LogP contribution in [0.1, 0.15) is 28.7 Å². The molecule has 0 spiro atoms. The largest absolute Gasteiger partial charge is 0.376 e. The highest BCUT2D eigenvalue weighted by molar-refractivity contribution is 5.75. The van der Waals surface area contributed by atoms with Gasteiger partial charge >= 0.3 is 0 Å². The molecule has 122 valence electrons. The van der Waals surface area contributed by atoms with Crippen molar-refractivity contribution in [3.63, 3.8) is 0 Å². The average molecular weight is 324 g/mol. The van der Waals surface area contributed by atoms with Gasteiger partial charge in [-0.1, -0.05) is 103 Å². The van der Waals surface area contributed by atoms with Gasteiger partial charge in [0.25, 0.3) is 0 Å². The van der Waals surface area contributed by atoms with Crippen molar-refractivity contribution in [3.05, 3.63) is 125 Å². The van der Waals surface area contributed by atoms with Crippen molar-refractivity contribution in [1.82, 2.24) is 0 Å². The van der Waals surface area contributed by atoms with E-state index < -0.39 is 5.60 Å². The van der Waals surface area contributed by atoms with E-state index in [4.69, 9.17) is 0 Å². The second-order valence-electron chi connectivity index (χ2n) is 6.31. The molecule has 0 saturated heterocycles. The number of allylic oxidation sites excluding steroid dienone is 4. The fourth-order valence-electron chi connectivity index (χ4n) is 3.56. The minimum Gasteiger partial charge on any atom is -0.376 e. The second-order valence-corrected chi connectivity index (χ2v) is 6.31. The van der Waals surface area contributed by atoms with E-state index >= 15 is 0 Å². The third-order valence-electron chi connectivity index (χ3n) is 4.82. The van der Waals surface area contributed by atoms with Crippen molar-refractivity contribution < 1.29 is 5.11 Å². The number of hydrogen-bond donors (Lipinski definition) is 1. The lowest BCUT2D eigenvalue weighted by molar-refractivity contribution is 0.125. The van der Waals surface area contributed by atoms with Crippen molar-refractivity contribution in [3.8, 4) is 0 Å². The van der Waals surface area contributed by atoms with Crippen LogP contribution >= 0.6 is 0 Å². The monoisotopic (exact) mass is 324 g/mol. The summed E-state index contributed by atoms with van der Waals surface area (Å²) in [5.74, 6) is 0. The maximum Gasteiger partial charge on any atom is 0.141 e. The van der Waals surface area contributed by atoms with Crippen LogP contribution in [-0.2, 0) is 5.60 Å². The first-order chi connectivity index (χ1) is 12.3. The summed E-state index contributed by atoms with van der Waals surface area (Å²) in [6.45, 7) is 0. The quantitative estimate of drug-likeness (QED) is 0.644. The maximum absolute atomic E-state index is 12.0. The molecule has 25 heavy (non-hydrogen) atoms. The molecule has 3 aromatic carbocycles. The van der Waals surface area contributed by atoms with Crippen molar-refractivity contribution >= 4 is 5.57 Å². The maximum atomic E-state index is 12.0. The van der Waals surface area contributed by atoms with Crippen LogP contribution in [0.2, 0.25) is 0 Å². The molecular formula is C24H20O. The predicted octanol–water partition coefficient (Wildman–Crippen LogP) is 5.31. The molecule has 4 rings (SSSR count). The van der Waals surface area contributed by atoms with Crippen LogP contribution in [0.25, 0.3) is 5.57 Å². The molecule has 3 aromatic rings. The molecule has 0 unspecified atom stereocenters. The Morgan fingerprint density at radius 2 is 1.24 bits per heavy atom. The molecule has 0 radical (unpaired) electrons. The highest BCUT2D eigenvalue weighted by Crippen LogP contribution is 2.41. The van der Waals surface area contributed by atoms with Crippen molar-refractivity contribution in [2.45, 2.75) is 12.0 Å². The Balaban J connectivity index is 1.98. The number of hydrogen-bond acceptors (Lipinski definition) is 1. The first-order valence-corrected chi connectivity index (χ1v) is 8.59. The van der Waals surface area contributed by atoms with Gasteiger partial charge in [-0.15, -0.1) is 0 Å². The highest BCUT2D eigenvalue weighted by Gasteiger charge is 2.35. The van der Waals surface area contributed by atoms with Gasteiger partial charge in [-0.2, -0.15) is 0 Å². The Hall–Kier alpha value is -2.90. The lowest BCUT2D eigenvalue weighted by Crippen LogP contribution is -2.30. The summed E-state index contributed by atoms with van der Waals surface area (Å²) in [4.78, 5) is 0. The number of benzene rings is 3. The van der Waals surface area contributed by atoms with Crippen LogP contribution in [0.3, 0.4) is 0 Å². The third-order valence-corrected chi connectivity index (χ3v) is 4.82. The molecule has 1 N–H and O–H groups in total. The van der Waals surface area contributed by atoms with Crippen molar-refractivity contribution in [2.24, 2.45) is 0 Å². The average Bonchev–Trinajstić information content (AvgIpc) is 3.23. The zero-order valence-corrected chi connectivity index (χ0v) is 14.0. The molecule has 1 heteroatoms. The minimum absolute atomic E-state index is 0.875. The van der Waals surface area contributed by atoms with Crippen LogP contribution in [0.4, 0.5) is 0 Å². The van der Waals surface area contributed by atoms with Crippen LogP contribution in [0, 0.1) is 0 Å². The summed E-state index contributed by atoms with van der Waals surface area (Å²) in [5.41, 5.74) is 3.81. The van der Waals surface area contributed by atoms with E-state index in [2.05, 4.69) is 24.3 Å². The van der Waals surface area contributed by atoms with Crippen LogP contribution in [0.5, 0.6) is 0 Å². The molecule has 0 fully saturated rings. The van der Waals surface area contributed by atoms with E-state index in [1.54, 1.807) is 0 Å². The Labute approximate surface area is 148 Å². The molecule has 0 amide bonds. The Kier molecular flexibility index (Phi) is 4.09. The molecular weight excluding hydrogens is 304 g/mol. The summed E-state index contributed by atoms with van der Waals surface area (Å²) in [6.07, 6.45) is 7.26. The molecule has 0 atom stereocenters. The Morgan fingerprint density at radius 3 is 1.80 bits per heavy atom. The number of aliphatic hydroxyl groups is 1. The lowest BCUT2D eigenvalue weighted by Gasteiger charge is -2.32. The van der Waals surface area contributed by atoms with Crippen molar-refractivity contribution in [1.29, 1.82) is 0 Å². The minimum atomic E-state index is -1.19. The Morgan fingerprint density at radius 1 is 0.680 bits per heavy atom. The van der Waals surface area contributed by atoms with Gasteiger partial charge in [-0.25, -0.2) is 0 Å². The molecule has 0 aromatic heterocycles. The number of rotatable bonds is 4.